The second-order valence-corrected chi connectivity index (χ2v) is 21.2. The second kappa shape index (κ2) is 45.9. The monoisotopic (exact) mass is 1030 g/mol. The van der Waals surface area contributed by atoms with Gasteiger partial charge in [0.15, 0.2) is 12.6 Å². The minimum absolute atomic E-state index is 0.0655. The molecule has 7 N–H and O–H groups in total. The van der Waals surface area contributed by atoms with E-state index < -0.39 is 80.7 Å². The normalized spacial score (nSPS) is 25.1. The van der Waals surface area contributed by atoms with E-state index in [1.807, 2.05) is 0 Å². The summed E-state index contributed by atoms with van der Waals surface area (Å²) in [6.45, 7) is 3.74. The summed E-state index contributed by atoms with van der Waals surface area (Å²) in [4.78, 5) is 13.1. The average molecular weight is 1030 g/mol. The Morgan fingerprint density at radius 3 is 1.26 bits per heavy atom. The molecule has 0 saturated carbocycles. The van der Waals surface area contributed by atoms with Gasteiger partial charge in [-0.1, -0.05) is 219 Å². The van der Waals surface area contributed by atoms with Crippen molar-refractivity contribution >= 4 is 5.97 Å². The molecule has 426 valence electrons. The van der Waals surface area contributed by atoms with Gasteiger partial charge < -0.3 is 64.2 Å². The first-order valence-corrected chi connectivity index (χ1v) is 29.8. The molecule has 0 aromatic rings. The molecule has 2 heterocycles. The number of hydrogen-bond donors (Lipinski definition) is 7. The number of unbranched alkanes of at least 4 members (excludes halogenated alkanes) is 33. The van der Waals surface area contributed by atoms with E-state index in [0.717, 1.165) is 38.5 Å². The average Bonchev–Trinajstić information content (AvgIpc) is 3.38. The van der Waals surface area contributed by atoms with Crippen LogP contribution >= 0.6 is 0 Å². The number of rotatable bonds is 49. The third kappa shape index (κ3) is 32.3. The molecule has 72 heavy (non-hydrogen) atoms. The van der Waals surface area contributed by atoms with Crippen LogP contribution in [0.5, 0.6) is 0 Å². The third-order valence-electron chi connectivity index (χ3n) is 14.5. The van der Waals surface area contributed by atoms with Crippen LogP contribution in [0.2, 0.25) is 0 Å². The van der Waals surface area contributed by atoms with E-state index in [9.17, 15) is 40.5 Å². The molecule has 2 aliphatic rings. The minimum atomic E-state index is -1.70. The Hall–Kier alpha value is -1.27. The van der Waals surface area contributed by atoms with Gasteiger partial charge in [-0.25, -0.2) is 0 Å². The molecule has 0 aromatic carbocycles. The molecular formula is C58H110O14. The van der Waals surface area contributed by atoms with Crippen molar-refractivity contribution < 1.29 is 69.0 Å². The van der Waals surface area contributed by atoms with E-state index in [1.165, 1.54) is 186 Å². The molecule has 0 amide bonds. The van der Waals surface area contributed by atoms with Crippen molar-refractivity contribution in [1.82, 2.24) is 0 Å². The molecule has 2 fully saturated rings. The Bertz CT molecular complexity index is 1240. The van der Waals surface area contributed by atoms with Crippen molar-refractivity contribution in [3.63, 3.8) is 0 Å². The van der Waals surface area contributed by atoms with Crippen LogP contribution in [0.3, 0.4) is 0 Å². The van der Waals surface area contributed by atoms with Crippen molar-refractivity contribution in [2.75, 3.05) is 33.0 Å². The summed E-state index contributed by atoms with van der Waals surface area (Å²) in [6.07, 6.45) is 34.1. The third-order valence-corrected chi connectivity index (χ3v) is 14.5. The van der Waals surface area contributed by atoms with Gasteiger partial charge >= 0.3 is 5.97 Å². The molecule has 2 saturated heterocycles. The Kier molecular flexibility index (Phi) is 42.6. The van der Waals surface area contributed by atoms with E-state index >= 15 is 0 Å². The fourth-order valence-corrected chi connectivity index (χ4v) is 9.69. The fraction of sp³-hybridized carbons (Fsp3) is 0.948. The van der Waals surface area contributed by atoms with Crippen LogP contribution in [-0.2, 0) is 33.2 Å². The van der Waals surface area contributed by atoms with E-state index in [1.54, 1.807) is 0 Å². The van der Waals surface area contributed by atoms with Crippen LogP contribution in [-0.4, -0.2) is 142 Å². The Labute approximate surface area is 437 Å². The summed E-state index contributed by atoms with van der Waals surface area (Å²) >= 11 is 0. The van der Waals surface area contributed by atoms with Crippen LogP contribution in [0.4, 0.5) is 0 Å². The lowest BCUT2D eigenvalue weighted by Crippen LogP contribution is -2.61. The van der Waals surface area contributed by atoms with E-state index in [2.05, 4.69) is 26.0 Å². The van der Waals surface area contributed by atoms with Crippen LogP contribution < -0.4 is 0 Å². The zero-order chi connectivity index (χ0) is 52.3. The first-order valence-electron chi connectivity index (χ1n) is 29.8. The first-order chi connectivity index (χ1) is 35.1. The largest absolute Gasteiger partial charge is 0.457 e. The van der Waals surface area contributed by atoms with E-state index in [-0.39, 0.29) is 25.6 Å². The minimum Gasteiger partial charge on any atom is -0.457 e. The number of aliphatic hydroxyl groups is 7. The Balaban J connectivity index is 1.70. The molecule has 2 rings (SSSR count). The van der Waals surface area contributed by atoms with Crippen LogP contribution in [0.25, 0.3) is 0 Å². The molecule has 14 heteroatoms. The maximum atomic E-state index is 13.1. The lowest BCUT2D eigenvalue weighted by atomic mass is 9.98. The summed E-state index contributed by atoms with van der Waals surface area (Å²) < 4.78 is 34.4. The SMILES string of the molecule is CCCCCCCCC/C=C\CCCCCCCCCCOCC(COC1OC(COC2OC(CO)C(O)C(O)C2O)C(O)C(O)C1O)OC(=O)CCCCCCCCCCCCCCCCCCCCC. The summed E-state index contributed by atoms with van der Waals surface area (Å²) in [5.41, 5.74) is 0. The van der Waals surface area contributed by atoms with Crippen LogP contribution in [0.1, 0.15) is 251 Å². The standard InChI is InChI=1S/C58H110O14/c1-3-5-7-9-11-13-15-17-19-21-23-25-27-29-31-33-35-37-39-41-50(60)70-47(44-67-42-40-38-36-34-32-30-28-26-24-22-20-18-16-14-12-10-8-6-4-2)45-68-57-56(66)54(64)52(62)49(72-57)46-69-58-55(65)53(63)51(61)48(43-59)71-58/h20,22,47-49,51-59,61-66H,3-19,21,23-46H2,1-2H3/b22-20-. The summed E-state index contributed by atoms with van der Waals surface area (Å²) in [6, 6.07) is 0. The molecule has 0 radical (unpaired) electrons. The molecule has 0 aromatic heterocycles. The molecule has 11 unspecified atom stereocenters. The lowest BCUT2D eigenvalue weighted by Gasteiger charge is -2.42. The maximum Gasteiger partial charge on any atom is 0.306 e. The molecule has 0 aliphatic carbocycles. The lowest BCUT2D eigenvalue weighted by molar-refractivity contribution is -0.332. The quantitative estimate of drug-likeness (QED) is 0.0172. The molecule has 14 nitrogen and oxygen atoms in total. The highest BCUT2D eigenvalue weighted by atomic mass is 16.7. The van der Waals surface area contributed by atoms with Crippen molar-refractivity contribution in [1.29, 1.82) is 0 Å². The van der Waals surface area contributed by atoms with E-state index in [4.69, 9.17) is 28.4 Å². The van der Waals surface area contributed by atoms with Gasteiger partial charge in [0.2, 0.25) is 0 Å². The topological polar surface area (TPSA) is 214 Å². The van der Waals surface area contributed by atoms with Crippen molar-refractivity contribution in [3.05, 3.63) is 12.2 Å². The van der Waals surface area contributed by atoms with E-state index in [0.29, 0.717) is 13.0 Å². The number of allylic oxidation sites excluding steroid dienone is 2. The number of carbonyl (C=O) groups excluding carboxylic acids is 1. The maximum absolute atomic E-state index is 13.1. The predicted octanol–water partition coefficient (Wildman–Crippen LogP) is 10.6. The highest BCUT2D eigenvalue weighted by Crippen LogP contribution is 2.27. The zero-order valence-electron chi connectivity index (χ0n) is 45.7. The van der Waals surface area contributed by atoms with Gasteiger partial charge in [0.1, 0.15) is 54.9 Å². The zero-order valence-corrected chi connectivity index (χ0v) is 45.7. The number of hydrogen-bond acceptors (Lipinski definition) is 14. The van der Waals surface area contributed by atoms with Gasteiger partial charge in [0.05, 0.1) is 26.4 Å². The molecule has 0 spiro atoms. The van der Waals surface area contributed by atoms with Crippen LogP contribution in [0, 0.1) is 0 Å². The van der Waals surface area contributed by atoms with Gasteiger partial charge in [0, 0.05) is 13.0 Å². The summed E-state index contributed by atoms with van der Waals surface area (Å²) in [5.74, 6) is -0.370. The Morgan fingerprint density at radius 2 is 0.819 bits per heavy atom. The van der Waals surface area contributed by atoms with Crippen molar-refractivity contribution in [3.8, 4) is 0 Å². The number of esters is 1. The second-order valence-electron chi connectivity index (χ2n) is 21.2. The fourth-order valence-electron chi connectivity index (χ4n) is 9.69. The van der Waals surface area contributed by atoms with Gasteiger partial charge in [-0.3, -0.25) is 4.79 Å². The molecule has 0 bridgehead atoms. The van der Waals surface area contributed by atoms with Gasteiger partial charge in [-0.05, 0) is 38.5 Å². The first kappa shape index (κ1) is 66.8. The molecule has 11 atom stereocenters. The van der Waals surface area contributed by atoms with Gasteiger partial charge in [-0.2, -0.15) is 0 Å². The number of carbonyl (C=O) groups is 1. The Morgan fingerprint density at radius 1 is 0.444 bits per heavy atom. The number of ether oxygens (including phenoxy) is 6. The smallest absolute Gasteiger partial charge is 0.306 e. The highest BCUT2D eigenvalue weighted by Gasteiger charge is 2.47. The molecular weight excluding hydrogens is 921 g/mol. The van der Waals surface area contributed by atoms with Gasteiger partial charge in [0.25, 0.3) is 0 Å². The summed E-state index contributed by atoms with van der Waals surface area (Å²) in [7, 11) is 0. The van der Waals surface area contributed by atoms with Crippen molar-refractivity contribution in [2.45, 2.75) is 319 Å². The summed E-state index contributed by atoms with van der Waals surface area (Å²) in [5, 5.41) is 72.3. The van der Waals surface area contributed by atoms with Crippen LogP contribution in [0.15, 0.2) is 12.2 Å². The van der Waals surface area contributed by atoms with Crippen molar-refractivity contribution in [2.24, 2.45) is 0 Å². The van der Waals surface area contributed by atoms with Gasteiger partial charge in [-0.15, -0.1) is 0 Å². The highest BCUT2D eigenvalue weighted by molar-refractivity contribution is 5.69. The molecule has 2 aliphatic heterocycles. The number of aliphatic hydroxyl groups excluding tert-OH is 7. The predicted molar refractivity (Wildman–Crippen MR) is 284 cm³/mol.